The summed E-state index contributed by atoms with van der Waals surface area (Å²) in [7, 11) is 0. The Kier molecular flexibility index (Phi) is 6.04. The number of nitrogens with zero attached hydrogens (tertiary/aromatic N) is 2. The third-order valence-corrected chi connectivity index (χ3v) is 9.24. The van der Waals surface area contributed by atoms with Crippen LogP contribution in [0.3, 0.4) is 0 Å². The molecule has 0 spiro atoms. The first-order valence-electron chi connectivity index (χ1n) is 14.4. The average Bonchev–Trinajstić information content (AvgIpc) is 3.46. The molecule has 8 rings (SSSR count). The van der Waals surface area contributed by atoms with E-state index in [0.29, 0.717) is 36.1 Å². The summed E-state index contributed by atoms with van der Waals surface area (Å²) >= 11 is 0. The van der Waals surface area contributed by atoms with Gasteiger partial charge in [0.2, 0.25) is 23.6 Å². The van der Waals surface area contributed by atoms with Gasteiger partial charge in [0, 0.05) is 11.3 Å². The summed E-state index contributed by atoms with van der Waals surface area (Å²) in [5, 5.41) is 0. The average molecular weight is 563 g/mol. The van der Waals surface area contributed by atoms with E-state index in [-0.39, 0.29) is 23.6 Å². The number of rotatable bonds is 7. The van der Waals surface area contributed by atoms with Gasteiger partial charge < -0.3 is 9.47 Å². The number of imide groups is 2. The van der Waals surface area contributed by atoms with E-state index in [1.807, 2.05) is 56.3 Å². The Labute approximate surface area is 243 Å². The van der Waals surface area contributed by atoms with Crippen molar-refractivity contribution in [1.82, 2.24) is 0 Å². The van der Waals surface area contributed by atoms with Gasteiger partial charge in [0.1, 0.15) is 11.5 Å². The van der Waals surface area contributed by atoms with Crippen LogP contribution in [0.5, 0.6) is 11.5 Å². The molecule has 2 aliphatic heterocycles. The number of carbonyl (C=O) groups excluding carboxylic acids is 4. The van der Waals surface area contributed by atoms with Crippen LogP contribution in [0, 0.1) is 29.6 Å². The van der Waals surface area contributed by atoms with Crippen LogP contribution in [0.15, 0.2) is 91.0 Å². The fraction of sp³-hybridized carbons (Fsp3) is 0.294. The SMILES string of the molecule is CCOc1ccc(N2C(=O)[C@H]3C4C=CC(c5ccccc5)([C@H]3C2=O)[C@H]2C(=O)N(c3ccc(OCC)cc3)C(=O)[C@@H]42)cc1. The number of hydrogen-bond donors (Lipinski definition) is 0. The third kappa shape index (κ3) is 3.47. The fourth-order valence-corrected chi connectivity index (χ4v) is 7.70. The quantitative estimate of drug-likeness (QED) is 0.310. The number of carbonyl (C=O) groups is 4. The second-order valence-electron chi connectivity index (χ2n) is 11.1. The topological polar surface area (TPSA) is 93.2 Å². The van der Waals surface area contributed by atoms with E-state index in [4.69, 9.17) is 9.47 Å². The second-order valence-corrected chi connectivity index (χ2v) is 11.1. The Morgan fingerprint density at radius 1 is 0.619 bits per heavy atom. The van der Waals surface area contributed by atoms with Crippen LogP contribution in [0.1, 0.15) is 19.4 Å². The Bertz CT molecular complexity index is 1520. The minimum atomic E-state index is -1.16. The maximum Gasteiger partial charge on any atom is 0.238 e. The number of allylic oxidation sites excluding steroid dienone is 2. The molecular weight excluding hydrogens is 532 g/mol. The van der Waals surface area contributed by atoms with E-state index in [1.54, 1.807) is 48.5 Å². The number of anilines is 2. The molecule has 42 heavy (non-hydrogen) atoms. The molecule has 0 aromatic heterocycles. The first-order valence-corrected chi connectivity index (χ1v) is 14.4. The molecule has 212 valence electrons. The van der Waals surface area contributed by atoms with E-state index < -0.39 is 35.0 Å². The van der Waals surface area contributed by atoms with Gasteiger partial charge in [-0.05, 0) is 67.9 Å². The summed E-state index contributed by atoms with van der Waals surface area (Å²) in [6, 6.07) is 23.1. The lowest BCUT2D eigenvalue weighted by atomic mass is 9.45. The van der Waals surface area contributed by atoms with Crippen molar-refractivity contribution >= 4 is 35.0 Å². The lowest BCUT2D eigenvalue weighted by molar-refractivity contribution is -0.140. The number of ether oxygens (including phenoxy) is 2. The van der Waals surface area contributed by atoms with Gasteiger partial charge in [-0.15, -0.1) is 0 Å². The zero-order valence-electron chi connectivity index (χ0n) is 23.3. The van der Waals surface area contributed by atoms with Gasteiger partial charge in [-0.1, -0.05) is 42.5 Å². The van der Waals surface area contributed by atoms with Gasteiger partial charge in [0.15, 0.2) is 0 Å². The molecule has 3 aromatic rings. The number of hydrogen-bond acceptors (Lipinski definition) is 6. The molecule has 3 aromatic carbocycles. The molecule has 8 heteroatoms. The molecule has 5 aliphatic rings. The monoisotopic (exact) mass is 562 g/mol. The number of benzene rings is 3. The second kappa shape index (κ2) is 9.69. The molecule has 4 amide bonds. The normalized spacial score (nSPS) is 29.2. The van der Waals surface area contributed by atoms with Crippen molar-refractivity contribution in [2.24, 2.45) is 29.6 Å². The lowest BCUT2D eigenvalue weighted by Crippen LogP contribution is -2.60. The molecule has 0 radical (unpaired) electrons. The molecule has 0 unspecified atom stereocenters. The molecule has 3 aliphatic carbocycles. The Hall–Kier alpha value is -4.72. The van der Waals surface area contributed by atoms with Gasteiger partial charge in [-0.2, -0.15) is 0 Å². The van der Waals surface area contributed by atoms with Crippen LogP contribution in [0.25, 0.3) is 0 Å². The van der Waals surface area contributed by atoms with Crippen LogP contribution in [0.4, 0.5) is 11.4 Å². The molecule has 2 bridgehead atoms. The molecule has 2 saturated heterocycles. The summed E-state index contributed by atoms with van der Waals surface area (Å²) < 4.78 is 11.1. The Morgan fingerprint density at radius 2 is 1.07 bits per heavy atom. The maximum atomic E-state index is 14.4. The predicted octanol–water partition coefficient (Wildman–Crippen LogP) is 4.53. The molecule has 0 N–H and O–H groups in total. The standard InChI is InChI=1S/C34H30N2O6/c1-3-41-23-14-10-21(11-15-23)35-30(37)26-25-18-19-34(28(26)32(35)39,20-8-6-5-7-9-20)29-27(25)31(38)36(33(29)40)22-12-16-24(17-13-22)42-4-2/h5-19,25-29H,3-4H2,1-2H3/t25?,26-,27-,28+,29+,34?/m0/s1. The van der Waals surface area contributed by atoms with Crippen LogP contribution >= 0.6 is 0 Å². The van der Waals surface area contributed by atoms with Crippen molar-refractivity contribution < 1.29 is 28.7 Å². The van der Waals surface area contributed by atoms with Crippen LogP contribution in [-0.2, 0) is 24.6 Å². The molecule has 2 heterocycles. The predicted molar refractivity (Wildman–Crippen MR) is 155 cm³/mol. The molecule has 3 fully saturated rings. The highest BCUT2D eigenvalue weighted by Gasteiger charge is 2.75. The minimum Gasteiger partial charge on any atom is -0.494 e. The maximum absolute atomic E-state index is 14.4. The highest BCUT2D eigenvalue weighted by atomic mass is 16.5. The number of amides is 4. The van der Waals surface area contributed by atoms with Crippen LogP contribution < -0.4 is 19.3 Å². The fourth-order valence-electron chi connectivity index (χ4n) is 7.70. The minimum absolute atomic E-state index is 0.345. The lowest BCUT2D eigenvalue weighted by Gasteiger charge is -2.53. The summed E-state index contributed by atoms with van der Waals surface area (Å²) in [6.07, 6.45) is 3.82. The summed E-state index contributed by atoms with van der Waals surface area (Å²) in [6.45, 7) is 4.76. The summed E-state index contributed by atoms with van der Waals surface area (Å²) in [5.74, 6) is -3.90. The smallest absolute Gasteiger partial charge is 0.238 e. The van der Waals surface area contributed by atoms with Crippen molar-refractivity contribution in [2.75, 3.05) is 23.0 Å². The van der Waals surface area contributed by atoms with Gasteiger partial charge in [-0.3, -0.25) is 19.2 Å². The largest absolute Gasteiger partial charge is 0.494 e. The van der Waals surface area contributed by atoms with Crippen molar-refractivity contribution in [3.63, 3.8) is 0 Å². The van der Waals surface area contributed by atoms with Gasteiger partial charge in [0.25, 0.3) is 0 Å². The third-order valence-electron chi connectivity index (χ3n) is 9.24. The van der Waals surface area contributed by atoms with Crippen molar-refractivity contribution in [3.8, 4) is 11.5 Å². The Balaban J connectivity index is 1.35. The highest BCUT2D eigenvalue weighted by molar-refractivity contribution is 6.27. The molecular formula is C34H30N2O6. The molecule has 1 saturated carbocycles. The summed E-state index contributed by atoms with van der Waals surface area (Å²) in [5.41, 5.74) is 0.479. The van der Waals surface area contributed by atoms with Gasteiger partial charge in [0.05, 0.1) is 48.3 Å². The van der Waals surface area contributed by atoms with Gasteiger partial charge >= 0.3 is 0 Å². The van der Waals surface area contributed by atoms with Crippen molar-refractivity contribution in [1.29, 1.82) is 0 Å². The van der Waals surface area contributed by atoms with E-state index in [1.165, 1.54) is 9.80 Å². The van der Waals surface area contributed by atoms with Crippen LogP contribution in [-0.4, -0.2) is 36.8 Å². The van der Waals surface area contributed by atoms with E-state index >= 15 is 0 Å². The highest BCUT2D eigenvalue weighted by Crippen LogP contribution is 2.65. The van der Waals surface area contributed by atoms with E-state index in [2.05, 4.69) is 0 Å². The molecule has 8 nitrogen and oxygen atoms in total. The van der Waals surface area contributed by atoms with Crippen molar-refractivity contribution in [3.05, 3.63) is 96.6 Å². The zero-order chi connectivity index (χ0) is 29.2. The van der Waals surface area contributed by atoms with E-state index in [9.17, 15) is 19.2 Å². The van der Waals surface area contributed by atoms with Gasteiger partial charge in [-0.25, -0.2) is 9.80 Å². The van der Waals surface area contributed by atoms with Crippen molar-refractivity contribution in [2.45, 2.75) is 19.3 Å². The zero-order valence-corrected chi connectivity index (χ0v) is 23.3. The Morgan fingerprint density at radius 3 is 1.50 bits per heavy atom. The van der Waals surface area contributed by atoms with Crippen LogP contribution in [0.2, 0.25) is 0 Å². The summed E-state index contributed by atoms with van der Waals surface area (Å²) in [4.78, 5) is 59.6. The van der Waals surface area contributed by atoms with E-state index in [0.717, 1.165) is 5.56 Å². The molecule has 4 atom stereocenters. The first-order chi connectivity index (χ1) is 20.4. The first kappa shape index (κ1) is 26.2.